The van der Waals surface area contributed by atoms with Crippen LogP contribution in [0.2, 0.25) is 0 Å². The van der Waals surface area contributed by atoms with E-state index < -0.39 is 0 Å². The highest BCUT2D eigenvalue weighted by Crippen LogP contribution is 2.18. The van der Waals surface area contributed by atoms with Crippen LogP contribution in [0.15, 0.2) is 18.7 Å². The summed E-state index contributed by atoms with van der Waals surface area (Å²) in [6.07, 6.45) is 11.9. The van der Waals surface area contributed by atoms with Gasteiger partial charge in [-0.15, -0.1) is 0 Å². The zero-order chi connectivity index (χ0) is 9.52. The van der Waals surface area contributed by atoms with E-state index in [1.807, 2.05) is 24.3 Å². The minimum Gasteiger partial charge on any atom is -0.334 e. The number of imidazole rings is 1. The highest BCUT2D eigenvalue weighted by molar-refractivity contribution is 7.98. The molecule has 1 atom stereocenters. The van der Waals surface area contributed by atoms with Crippen LogP contribution in [0, 0.1) is 0 Å². The summed E-state index contributed by atoms with van der Waals surface area (Å²) in [5, 5.41) is 0. The maximum atomic E-state index is 4.09. The lowest BCUT2D eigenvalue weighted by Crippen LogP contribution is -2.09. The van der Waals surface area contributed by atoms with Gasteiger partial charge in [-0.1, -0.05) is 19.8 Å². The Balaban J connectivity index is 2.47. The van der Waals surface area contributed by atoms with Crippen molar-refractivity contribution in [2.45, 2.75) is 32.2 Å². The number of unbranched alkanes of at least 4 members (excludes halogenated alkanes) is 1. The molecule has 0 aliphatic rings. The fraction of sp³-hybridized carbons (Fsp3) is 0.700. The first-order valence-electron chi connectivity index (χ1n) is 4.84. The largest absolute Gasteiger partial charge is 0.334 e. The molecule has 0 aromatic carbocycles. The van der Waals surface area contributed by atoms with E-state index in [9.17, 15) is 0 Å². The molecule has 0 N–H and O–H groups in total. The van der Waals surface area contributed by atoms with Crippen LogP contribution in [0.5, 0.6) is 0 Å². The Hall–Kier alpha value is -0.440. The van der Waals surface area contributed by atoms with Gasteiger partial charge in [-0.25, -0.2) is 4.98 Å². The van der Waals surface area contributed by atoms with Gasteiger partial charge in [-0.3, -0.25) is 0 Å². The van der Waals surface area contributed by atoms with Crippen LogP contribution in [0.1, 0.15) is 32.2 Å². The molecule has 0 radical (unpaired) electrons. The van der Waals surface area contributed by atoms with Crippen LogP contribution < -0.4 is 0 Å². The summed E-state index contributed by atoms with van der Waals surface area (Å²) in [6.45, 7) is 2.24. The second-order valence-corrected chi connectivity index (χ2v) is 4.17. The standard InChI is InChI=1S/C10H18N2S/c1-3-4-5-10(8-13-2)12-7-6-11-9-12/h6-7,9-10H,3-5,8H2,1-2H3. The van der Waals surface area contributed by atoms with Crippen molar-refractivity contribution in [1.29, 1.82) is 0 Å². The molecule has 3 heteroatoms. The van der Waals surface area contributed by atoms with Gasteiger partial charge in [-0.2, -0.15) is 11.8 Å². The minimum atomic E-state index is 0.637. The van der Waals surface area contributed by atoms with Gasteiger partial charge in [0.2, 0.25) is 0 Å². The molecular weight excluding hydrogens is 180 g/mol. The Morgan fingerprint density at radius 2 is 2.38 bits per heavy atom. The van der Waals surface area contributed by atoms with Crippen molar-refractivity contribution >= 4 is 11.8 Å². The fourth-order valence-corrected chi connectivity index (χ4v) is 2.16. The predicted molar refractivity (Wildman–Crippen MR) is 59.2 cm³/mol. The van der Waals surface area contributed by atoms with Crippen molar-refractivity contribution in [3.05, 3.63) is 18.7 Å². The van der Waals surface area contributed by atoms with Crippen molar-refractivity contribution in [3.63, 3.8) is 0 Å². The molecule has 0 amide bonds. The van der Waals surface area contributed by atoms with E-state index in [-0.39, 0.29) is 0 Å². The smallest absolute Gasteiger partial charge is 0.0948 e. The maximum Gasteiger partial charge on any atom is 0.0948 e. The van der Waals surface area contributed by atoms with Crippen molar-refractivity contribution in [3.8, 4) is 0 Å². The third-order valence-electron chi connectivity index (χ3n) is 2.20. The SMILES string of the molecule is CCCCC(CSC)n1ccnc1. The van der Waals surface area contributed by atoms with Crippen LogP contribution in [0.3, 0.4) is 0 Å². The van der Waals surface area contributed by atoms with Crippen LogP contribution in [-0.2, 0) is 0 Å². The fourth-order valence-electron chi connectivity index (χ4n) is 1.44. The van der Waals surface area contributed by atoms with Gasteiger partial charge in [-0.05, 0) is 12.7 Å². The summed E-state index contributed by atoms with van der Waals surface area (Å²) < 4.78 is 2.23. The Morgan fingerprint density at radius 3 is 2.92 bits per heavy atom. The third-order valence-corrected chi connectivity index (χ3v) is 2.91. The van der Waals surface area contributed by atoms with E-state index in [1.165, 1.54) is 25.0 Å². The molecular formula is C10H18N2S. The molecule has 0 bridgehead atoms. The molecule has 1 rings (SSSR count). The molecule has 0 aliphatic carbocycles. The van der Waals surface area contributed by atoms with Gasteiger partial charge in [0, 0.05) is 24.2 Å². The predicted octanol–water partition coefficient (Wildman–Crippen LogP) is 2.98. The Kier molecular flexibility index (Phi) is 4.98. The van der Waals surface area contributed by atoms with E-state index in [0.29, 0.717) is 6.04 Å². The summed E-state index contributed by atoms with van der Waals surface area (Å²) in [5.74, 6) is 1.19. The summed E-state index contributed by atoms with van der Waals surface area (Å²) in [5.41, 5.74) is 0. The first-order valence-corrected chi connectivity index (χ1v) is 6.24. The topological polar surface area (TPSA) is 17.8 Å². The molecule has 2 nitrogen and oxygen atoms in total. The van der Waals surface area contributed by atoms with Gasteiger partial charge in [0.05, 0.1) is 6.33 Å². The molecule has 0 saturated heterocycles. The highest BCUT2D eigenvalue weighted by atomic mass is 32.2. The number of aromatic nitrogens is 2. The van der Waals surface area contributed by atoms with E-state index in [1.54, 1.807) is 0 Å². The van der Waals surface area contributed by atoms with Crippen LogP contribution in [-0.4, -0.2) is 21.6 Å². The van der Waals surface area contributed by atoms with E-state index in [4.69, 9.17) is 0 Å². The van der Waals surface area contributed by atoms with Crippen molar-refractivity contribution in [2.75, 3.05) is 12.0 Å². The normalized spacial score (nSPS) is 13.1. The van der Waals surface area contributed by atoms with Gasteiger partial charge in [0.25, 0.3) is 0 Å². The summed E-state index contributed by atoms with van der Waals surface area (Å²) >= 11 is 1.91. The lowest BCUT2D eigenvalue weighted by molar-refractivity contribution is 0.492. The quantitative estimate of drug-likeness (QED) is 0.699. The van der Waals surface area contributed by atoms with Crippen LogP contribution >= 0.6 is 11.8 Å². The Labute approximate surface area is 84.7 Å². The first-order chi connectivity index (χ1) is 6.38. The van der Waals surface area contributed by atoms with Crippen molar-refractivity contribution in [2.24, 2.45) is 0 Å². The first kappa shape index (κ1) is 10.6. The maximum absolute atomic E-state index is 4.09. The lowest BCUT2D eigenvalue weighted by atomic mass is 10.1. The zero-order valence-electron chi connectivity index (χ0n) is 8.44. The Morgan fingerprint density at radius 1 is 1.54 bits per heavy atom. The molecule has 13 heavy (non-hydrogen) atoms. The third kappa shape index (κ3) is 3.43. The molecule has 1 aromatic rings. The Bertz CT molecular complexity index is 209. The van der Waals surface area contributed by atoms with Crippen LogP contribution in [0.4, 0.5) is 0 Å². The van der Waals surface area contributed by atoms with E-state index >= 15 is 0 Å². The monoisotopic (exact) mass is 198 g/mol. The van der Waals surface area contributed by atoms with Crippen molar-refractivity contribution in [1.82, 2.24) is 9.55 Å². The summed E-state index contributed by atoms with van der Waals surface area (Å²) in [4.78, 5) is 4.09. The summed E-state index contributed by atoms with van der Waals surface area (Å²) in [6, 6.07) is 0.637. The average Bonchev–Trinajstić information content (AvgIpc) is 2.65. The average molecular weight is 198 g/mol. The van der Waals surface area contributed by atoms with Crippen LogP contribution in [0.25, 0.3) is 0 Å². The molecule has 0 fully saturated rings. The van der Waals surface area contributed by atoms with E-state index in [0.717, 1.165) is 0 Å². The number of thioether (sulfide) groups is 1. The van der Waals surface area contributed by atoms with Crippen molar-refractivity contribution < 1.29 is 0 Å². The molecule has 0 saturated carbocycles. The molecule has 0 aliphatic heterocycles. The molecule has 1 aromatic heterocycles. The number of hydrogen-bond acceptors (Lipinski definition) is 2. The minimum absolute atomic E-state index is 0.637. The molecule has 74 valence electrons. The second-order valence-electron chi connectivity index (χ2n) is 3.26. The number of rotatable bonds is 6. The molecule has 0 spiro atoms. The number of nitrogens with zero attached hydrogens (tertiary/aromatic N) is 2. The van der Waals surface area contributed by atoms with Gasteiger partial charge in [0.1, 0.15) is 0 Å². The lowest BCUT2D eigenvalue weighted by Gasteiger charge is -2.16. The molecule has 1 unspecified atom stereocenters. The molecule has 1 heterocycles. The van der Waals surface area contributed by atoms with Gasteiger partial charge in [0.15, 0.2) is 0 Å². The van der Waals surface area contributed by atoms with Gasteiger partial charge < -0.3 is 4.57 Å². The zero-order valence-corrected chi connectivity index (χ0v) is 9.26. The number of hydrogen-bond donors (Lipinski definition) is 0. The van der Waals surface area contributed by atoms with E-state index in [2.05, 4.69) is 28.9 Å². The second kappa shape index (κ2) is 6.08. The summed E-state index contributed by atoms with van der Waals surface area (Å²) in [7, 11) is 0. The van der Waals surface area contributed by atoms with Gasteiger partial charge >= 0.3 is 0 Å². The highest BCUT2D eigenvalue weighted by Gasteiger charge is 2.08.